The molecule has 2 heterocycles. The molecule has 0 spiro atoms. The lowest BCUT2D eigenvalue weighted by Gasteiger charge is -2.16. The number of anilines is 1. The summed E-state index contributed by atoms with van der Waals surface area (Å²) in [5.41, 5.74) is 4.34. The Morgan fingerprint density at radius 2 is 2.35 bits per heavy atom. The van der Waals surface area contributed by atoms with Crippen LogP contribution in [0.1, 0.15) is 10.6 Å². The van der Waals surface area contributed by atoms with Gasteiger partial charge in [0.2, 0.25) is 0 Å². The molecule has 0 saturated heterocycles. The van der Waals surface area contributed by atoms with E-state index >= 15 is 0 Å². The highest BCUT2D eigenvalue weighted by atomic mass is 32.1. The number of carbonyl (C=O) groups excluding carboxylic acids is 1. The molecule has 0 N–H and O–H groups in total. The van der Waals surface area contributed by atoms with Crippen molar-refractivity contribution >= 4 is 22.9 Å². The summed E-state index contributed by atoms with van der Waals surface area (Å²) in [6, 6.07) is 6.19. The highest BCUT2D eigenvalue weighted by Gasteiger charge is 2.24. The van der Waals surface area contributed by atoms with Crippen molar-refractivity contribution in [2.45, 2.75) is 13.3 Å². The van der Waals surface area contributed by atoms with Crippen LogP contribution >= 0.6 is 11.3 Å². The topological polar surface area (TPSA) is 42.4 Å². The molecule has 2 aromatic rings. The van der Waals surface area contributed by atoms with Crippen LogP contribution in [0.5, 0.6) is 0 Å². The largest absolute Gasteiger partial charge is 0.375 e. The van der Waals surface area contributed by atoms with E-state index in [9.17, 15) is 4.79 Å². The Morgan fingerprint density at radius 1 is 1.50 bits per heavy atom. The SMILES string of the molecule is COCC(=O)N1CCc2cc(-c3csc(C)n3)ccc21. The van der Waals surface area contributed by atoms with E-state index in [-0.39, 0.29) is 12.5 Å². The number of amides is 1. The van der Waals surface area contributed by atoms with Crippen LogP contribution < -0.4 is 4.90 Å². The third-order valence-electron chi connectivity index (χ3n) is 3.46. The summed E-state index contributed by atoms with van der Waals surface area (Å²) in [4.78, 5) is 18.3. The first-order valence-electron chi connectivity index (χ1n) is 6.54. The first-order chi connectivity index (χ1) is 9.69. The average molecular weight is 288 g/mol. The zero-order valence-corrected chi connectivity index (χ0v) is 12.4. The summed E-state index contributed by atoms with van der Waals surface area (Å²) in [5.74, 6) is 0.0171. The number of hydrogen-bond acceptors (Lipinski definition) is 4. The minimum atomic E-state index is 0.0171. The molecule has 20 heavy (non-hydrogen) atoms. The molecule has 3 rings (SSSR count). The Morgan fingerprint density at radius 3 is 3.05 bits per heavy atom. The molecule has 1 aliphatic heterocycles. The first-order valence-corrected chi connectivity index (χ1v) is 7.41. The highest BCUT2D eigenvalue weighted by molar-refractivity contribution is 7.09. The van der Waals surface area contributed by atoms with Crippen LogP contribution in [0.3, 0.4) is 0 Å². The van der Waals surface area contributed by atoms with Gasteiger partial charge >= 0.3 is 0 Å². The molecule has 0 fully saturated rings. The molecule has 1 aromatic heterocycles. The Labute approximate surface area is 122 Å². The molecule has 0 radical (unpaired) electrons. The molecule has 0 atom stereocenters. The van der Waals surface area contributed by atoms with E-state index in [1.807, 2.05) is 19.1 Å². The van der Waals surface area contributed by atoms with E-state index in [0.29, 0.717) is 0 Å². The Kier molecular flexibility index (Phi) is 3.54. The second-order valence-corrected chi connectivity index (χ2v) is 5.89. The van der Waals surface area contributed by atoms with Crippen LogP contribution in [0, 0.1) is 6.92 Å². The van der Waals surface area contributed by atoms with E-state index < -0.39 is 0 Å². The van der Waals surface area contributed by atoms with Gasteiger partial charge in [-0.25, -0.2) is 4.98 Å². The maximum absolute atomic E-state index is 12.0. The number of hydrogen-bond donors (Lipinski definition) is 0. The first kappa shape index (κ1) is 13.3. The van der Waals surface area contributed by atoms with Crippen LogP contribution in [0.15, 0.2) is 23.6 Å². The maximum atomic E-state index is 12.0. The molecule has 0 aliphatic carbocycles. The van der Waals surface area contributed by atoms with Gasteiger partial charge in [-0.2, -0.15) is 0 Å². The van der Waals surface area contributed by atoms with E-state index in [0.717, 1.165) is 34.9 Å². The van der Waals surface area contributed by atoms with Crippen molar-refractivity contribution in [3.63, 3.8) is 0 Å². The van der Waals surface area contributed by atoms with Crippen molar-refractivity contribution in [3.8, 4) is 11.3 Å². The van der Waals surface area contributed by atoms with Crippen molar-refractivity contribution in [2.75, 3.05) is 25.2 Å². The fraction of sp³-hybridized carbons (Fsp3) is 0.333. The van der Waals surface area contributed by atoms with Gasteiger partial charge in [0, 0.05) is 30.3 Å². The number of thiazole rings is 1. The van der Waals surface area contributed by atoms with Crippen molar-refractivity contribution in [1.82, 2.24) is 4.98 Å². The van der Waals surface area contributed by atoms with Crippen LogP contribution in [0.4, 0.5) is 5.69 Å². The number of nitrogens with zero attached hydrogens (tertiary/aromatic N) is 2. The van der Waals surface area contributed by atoms with Crippen LogP contribution in [0.25, 0.3) is 11.3 Å². The smallest absolute Gasteiger partial charge is 0.252 e. The van der Waals surface area contributed by atoms with E-state index in [1.54, 1.807) is 23.3 Å². The summed E-state index contributed by atoms with van der Waals surface area (Å²) in [6.07, 6.45) is 0.891. The lowest BCUT2D eigenvalue weighted by atomic mass is 10.1. The van der Waals surface area contributed by atoms with Gasteiger partial charge in [-0.1, -0.05) is 6.07 Å². The van der Waals surface area contributed by atoms with Crippen molar-refractivity contribution < 1.29 is 9.53 Å². The predicted molar refractivity (Wildman–Crippen MR) is 80.2 cm³/mol. The molecular formula is C15H16N2O2S. The van der Waals surface area contributed by atoms with Gasteiger partial charge in [-0.15, -0.1) is 11.3 Å². The number of fused-ring (bicyclic) bond motifs is 1. The quantitative estimate of drug-likeness (QED) is 0.872. The minimum absolute atomic E-state index is 0.0171. The Bertz CT molecular complexity index is 651. The predicted octanol–water partition coefficient (Wildman–Crippen LogP) is 2.65. The molecule has 0 saturated carbocycles. The van der Waals surface area contributed by atoms with E-state index in [1.165, 1.54) is 5.56 Å². The normalized spacial score (nSPS) is 13.6. The Balaban J connectivity index is 1.90. The number of methoxy groups -OCH3 is 1. The average Bonchev–Trinajstić information content (AvgIpc) is 3.04. The van der Waals surface area contributed by atoms with Crippen molar-refractivity contribution in [2.24, 2.45) is 0 Å². The van der Waals surface area contributed by atoms with Crippen LogP contribution in [-0.4, -0.2) is 31.2 Å². The zero-order valence-electron chi connectivity index (χ0n) is 11.5. The summed E-state index contributed by atoms with van der Waals surface area (Å²) < 4.78 is 4.93. The molecule has 0 unspecified atom stereocenters. The van der Waals surface area contributed by atoms with E-state index in [2.05, 4.69) is 16.4 Å². The molecular weight excluding hydrogens is 272 g/mol. The molecule has 0 bridgehead atoms. The van der Waals surface area contributed by atoms with Gasteiger partial charge in [-0.05, 0) is 31.0 Å². The summed E-state index contributed by atoms with van der Waals surface area (Å²) in [5, 5.41) is 3.14. The summed E-state index contributed by atoms with van der Waals surface area (Å²) in [7, 11) is 1.54. The number of benzene rings is 1. The number of aromatic nitrogens is 1. The van der Waals surface area contributed by atoms with E-state index in [4.69, 9.17) is 4.74 Å². The second-order valence-electron chi connectivity index (χ2n) is 4.82. The third-order valence-corrected chi connectivity index (χ3v) is 4.23. The van der Waals surface area contributed by atoms with Gasteiger partial charge in [0.25, 0.3) is 5.91 Å². The summed E-state index contributed by atoms with van der Waals surface area (Å²) >= 11 is 1.65. The lowest BCUT2D eigenvalue weighted by molar-refractivity contribution is -0.122. The molecule has 1 aliphatic rings. The number of aryl methyl sites for hydroxylation is 1. The van der Waals surface area contributed by atoms with Crippen LogP contribution in [-0.2, 0) is 16.0 Å². The van der Waals surface area contributed by atoms with Gasteiger partial charge in [0.15, 0.2) is 0 Å². The standard InChI is InChI=1S/C15H16N2O2S/c1-10-16-13(9-20-10)11-3-4-14-12(7-11)5-6-17(14)15(18)8-19-2/h3-4,7,9H,5-6,8H2,1-2H3. The minimum Gasteiger partial charge on any atom is -0.375 e. The molecule has 1 amide bonds. The summed E-state index contributed by atoms with van der Waals surface area (Å²) in [6.45, 7) is 2.87. The van der Waals surface area contributed by atoms with Gasteiger partial charge in [0.1, 0.15) is 6.61 Å². The molecule has 5 heteroatoms. The van der Waals surface area contributed by atoms with Gasteiger partial charge in [-0.3, -0.25) is 4.79 Å². The lowest BCUT2D eigenvalue weighted by Crippen LogP contribution is -2.31. The Hall–Kier alpha value is -1.72. The second kappa shape index (κ2) is 5.34. The molecule has 104 valence electrons. The maximum Gasteiger partial charge on any atom is 0.252 e. The van der Waals surface area contributed by atoms with Crippen LogP contribution in [0.2, 0.25) is 0 Å². The van der Waals surface area contributed by atoms with Gasteiger partial charge in [0.05, 0.1) is 10.7 Å². The zero-order chi connectivity index (χ0) is 14.1. The van der Waals surface area contributed by atoms with Crippen molar-refractivity contribution in [1.29, 1.82) is 0 Å². The van der Waals surface area contributed by atoms with Crippen molar-refractivity contribution in [3.05, 3.63) is 34.2 Å². The third kappa shape index (κ3) is 2.34. The molecule has 1 aromatic carbocycles. The number of rotatable bonds is 3. The van der Waals surface area contributed by atoms with Gasteiger partial charge < -0.3 is 9.64 Å². The monoisotopic (exact) mass is 288 g/mol. The molecule has 4 nitrogen and oxygen atoms in total. The number of ether oxygens (including phenoxy) is 1. The highest BCUT2D eigenvalue weighted by Crippen LogP contribution is 2.32. The fourth-order valence-electron chi connectivity index (χ4n) is 2.52. The fourth-order valence-corrected chi connectivity index (χ4v) is 3.14. The number of carbonyl (C=O) groups is 1.